The number of hydrogen-bond donors (Lipinski definition) is 2. The number of nitrogens with one attached hydrogen (secondary N) is 1. The van der Waals surface area contributed by atoms with Gasteiger partial charge in [-0.3, -0.25) is 4.79 Å². The molecular weight excluding hydrogens is 266 g/mol. The fourth-order valence-electron chi connectivity index (χ4n) is 1.92. The van der Waals surface area contributed by atoms with Gasteiger partial charge < -0.3 is 15.0 Å². The molecule has 20 heavy (non-hydrogen) atoms. The number of aryl methyl sites for hydroxylation is 1. The molecule has 0 spiro atoms. The minimum Gasteiger partial charge on any atom is -0.385 e. The first-order valence-electron chi connectivity index (χ1n) is 6.02. The molecule has 0 aliphatic carbocycles. The second-order valence-electron chi connectivity index (χ2n) is 4.37. The van der Waals surface area contributed by atoms with E-state index in [-0.39, 0.29) is 6.54 Å². The molecule has 1 amide bonds. The third-order valence-electron chi connectivity index (χ3n) is 2.97. The van der Waals surface area contributed by atoms with Crippen molar-refractivity contribution < 1.29 is 18.7 Å². The van der Waals surface area contributed by atoms with Gasteiger partial charge in [0, 0.05) is 25.5 Å². The van der Waals surface area contributed by atoms with Gasteiger partial charge in [-0.25, -0.2) is 8.78 Å². The maximum absolute atomic E-state index is 13.4. The molecule has 0 radical (unpaired) electrons. The molecule has 2 rings (SSSR count). The van der Waals surface area contributed by atoms with Crippen LogP contribution in [0.4, 0.5) is 8.78 Å². The van der Waals surface area contributed by atoms with Crippen LogP contribution in [0.5, 0.6) is 0 Å². The van der Waals surface area contributed by atoms with Gasteiger partial charge in [-0.05, 0) is 24.3 Å². The molecule has 0 saturated carbocycles. The Hall–Kier alpha value is -2.21. The molecule has 4 nitrogen and oxygen atoms in total. The highest BCUT2D eigenvalue weighted by Crippen LogP contribution is 2.14. The third kappa shape index (κ3) is 2.85. The molecule has 1 unspecified atom stereocenters. The largest absolute Gasteiger partial charge is 0.385 e. The van der Waals surface area contributed by atoms with Crippen molar-refractivity contribution in [1.82, 2.24) is 9.88 Å². The zero-order valence-electron chi connectivity index (χ0n) is 10.8. The second-order valence-corrected chi connectivity index (χ2v) is 4.37. The topological polar surface area (TPSA) is 54.3 Å². The van der Waals surface area contributed by atoms with Crippen LogP contribution in [0, 0.1) is 11.6 Å². The first kappa shape index (κ1) is 14.2. The van der Waals surface area contributed by atoms with Crippen molar-refractivity contribution in [3.8, 4) is 0 Å². The van der Waals surface area contributed by atoms with E-state index < -0.39 is 29.2 Å². The molecule has 0 aliphatic heterocycles. The van der Waals surface area contributed by atoms with Gasteiger partial charge in [0.25, 0.3) is 5.91 Å². The van der Waals surface area contributed by atoms with Crippen LogP contribution in [-0.4, -0.2) is 22.1 Å². The molecule has 2 N–H and O–H groups in total. The molecule has 2 aromatic rings. The van der Waals surface area contributed by atoms with E-state index in [0.717, 1.165) is 12.1 Å². The van der Waals surface area contributed by atoms with Gasteiger partial charge in [0.15, 0.2) is 0 Å². The number of aliphatic hydroxyl groups is 1. The van der Waals surface area contributed by atoms with Crippen molar-refractivity contribution in [3.05, 3.63) is 59.4 Å². The number of aromatic nitrogens is 1. The molecule has 6 heteroatoms. The lowest BCUT2D eigenvalue weighted by atomic mass is 10.1. The average Bonchev–Trinajstić information content (AvgIpc) is 2.82. The fourth-order valence-corrected chi connectivity index (χ4v) is 1.92. The Labute approximate surface area is 114 Å². The Morgan fingerprint density at radius 1 is 1.30 bits per heavy atom. The first-order chi connectivity index (χ1) is 9.50. The lowest BCUT2D eigenvalue weighted by molar-refractivity contribution is 0.0904. The lowest BCUT2D eigenvalue weighted by Gasteiger charge is -2.13. The Morgan fingerprint density at radius 3 is 2.50 bits per heavy atom. The molecule has 0 aliphatic rings. The Balaban J connectivity index is 2.04. The highest BCUT2D eigenvalue weighted by atomic mass is 19.1. The number of halogens is 2. The number of amides is 1. The summed E-state index contributed by atoms with van der Waals surface area (Å²) in [6.07, 6.45) is 0.797. The van der Waals surface area contributed by atoms with Crippen molar-refractivity contribution in [2.24, 2.45) is 7.05 Å². The number of carbonyl (C=O) groups is 1. The van der Waals surface area contributed by atoms with Crippen LogP contribution in [-0.2, 0) is 7.05 Å². The molecule has 0 saturated heterocycles. The van der Waals surface area contributed by atoms with Crippen LogP contribution in [0.2, 0.25) is 0 Å². The van der Waals surface area contributed by atoms with E-state index in [1.165, 1.54) is 6.07 Å². The zero-order valence-corrected chi connectivity index (χ0v) is 10.8. The molecule has 1 aromatic heterocycles. The summed E-state index contributed by atoms with van der Waals surface area (Å²) in [5.74, 6) is -2.76. The van der Waals surface area contributed by atoms with Gasteiger partial charge in [0.2, 0.25) is 0 Å². The molecule has 1 heterocycles. The average molecular weight is 280 g/mol. The van der Waals surface area contributed by atoms with Crippen LogP contribution < -0.4 is 5.32 Å². The van der Waals surface area contributed by atoms with E-state index in [2.05, 4.69) is 5.32 Å². The Bertz CT molecular complexity index is 605. The van der Waals surface area contributed by atoms with E-state index in [4.69, 9.17) is 0 Å². The van der Waals surface area contributed by atoms with Gasteiger partial charge in [-0.1, -0.05) is 6.07 Å². The van der Waals surface area contributed by atoms with E-state index in [9.17, 15) is 18.7 Å². The van der Waals surface area contributed by atoms with Crippen LogP contribution in [0.25, 0.3) is 0 Å². The monoisotopic (exact) mass is 280 g/mol. The van der Waals surface area contributed by atoms with Crippen molar-refractivity contribution in [1.29, 1.82) is 0 Å². The normalized spacial score (nSPS) is 12.2. The molecular formula is C14H14F2N2O2. The number of rotatable bonds is 4. The third-order valence-corrected chi connectivity index (χ3v) is 2.97. The van der Waals surface area contributed by atoms with Crippen LogP contribution in [0.1, 0.15) is 22.2 Å². The van der Waals surface area contributed by atoms with Crippen molar-refractivity contribution in [2.45, 2.75) is 6.10 Å². The Morgan fingerprint density at radius 2 is 1.95 bits per heavy atom. The molecule has 106 valence electrons. The first-order valence-corrected chi connectivity index (χ1v) is 6.02. The van der Waals surface area contributed by atoms with E-state index >= 15 is 0 Å². The number of benzene rings is 1. The van der Waals surface area contributed by atoms with Gasteiger partial charge in [0.05, 0.1) is 0 Å². The van der Waals surface area contributed by atoms with E-state index in [1.54, 1.807) is 29.9 Å². The van der Waals surface area contributed by atoms with Crippen molar-refractivity contribution >= 4 is 5.91 Å². The van der Waals surface area contributed by atoms with Crippen LogP contribution >= 0.6 is 0 Å². The highest BCUT2D eigenvalue weighted by molar-refractivity contribution is 5.94. The van der Waals surface area contributed by atoms with Crippen molar-refractivity contribution in [3.63, 3.8) is 0 Å². The molecule has 0 fully saturated rings. The predicted molar refractivity (Wildman–Crippen MR) is 69.1 cm³/mol. The summed E-state index contributed by atoms with van der Waals surface area (Å²) in [6.45, 7) is -0.134. The SMILES string of the molecule is Cn1cccc1C(O)CNC(=O)c1c(F)cccc1F. The van der Waals surface area contributed by atoms with E-state index in [0.29, 0.717) is 5.69 Å². The van der Waals surface area contributed by atoms with Crippen molar-refractivity contribution in [2.75, 3.05) is 6.54 Å². The second kappa shape index (κ2) is 5.83. The van der Waals surface area contributed by atoms with Crippen LogP contribution in [0.15, 0.2) is 36.5 Å². The van der Waals surface area contributed by atoms with E-state index in [1.807, 2.05) is 0 Å². The maximum atomic E-state index is 13.4. The summed E-state index contributed by atoms with van der Waals surface area (Å²) in [4.78, 5) is 11.7. The summed E-state index contributed by atoms with van der Waals surface area (Å²) >= 11 is 0. The van der Waals surface area contributed by atoms with Gasteiger partial charge >= 0.3 is 0 Å². The minimum absolute atomic E-state index is 0.134. The standard InChI is InChI=1S/C14H14F2N2O2/c1-18-7-3-6-11(18)12(19)8-17-14(20)13-9(15)4-2-5-10(13)16/h2-7,12,19H,8H2,1H3,(H,17,20). The number of hydrogen-bond acceptors (Lipinski definition) is 2. The summed E-state index contributed by atoms with van der Waals surface area (Å²) in [7, 11) is 1.75. The smallest absolute Gasteiger partial charge is 0.257 e. The Kier molecular flexibility index (Phi) is 4.14. The lowest BCUT2D eigenvalue weighted by Crippen LogP contribution is -2.30. The molecule has 1 aromatic carbocycles. The zero-order chi connectivity index (χ0) is 14.7. The summed E-state index contributed by atoms with van der Waals surface area (Å²) < 4.78 is 28.5. The summed E-state index contributed by atoms with van der Waals surface area (Å²) in [6, 6.07) is 6.63. The van der Waals surface area contributed by atoms with Gasteiger partial charge in [0.1, 0.15) is 23.3 Å². The van der Waals surface area contributed by atoms with Gasteiger partial charge in [-0.2, -0.15) is 0 Å². The highest BCUT2D eigenvalue weighted by Gasteiger charge is 2.18. The quantitative estimate of drug-likeness (QED) is 0.896. The molecule has 1 atom stereocenters. The number of nitrogens with zero attached hydrogens (tertiary/aromatic N) is 1. The molecule has 0 bridgehead atoms. The number of aliphatic hydroxyl groups excluding tert-OH is 1. The van der Waals surface area contributed by atoms with Gasteiger partial charge in [-0.15, -0.1) is 0 Å². The predicted octanol–water partition coefficient (Wildman–Crippen LogP) is 1.77. The summed E-state index contributed by atoms with van der Waals surface area (Å²) in [5.41, 5.74) is -0.0501. The maximum Gasteiger partial charge on any atom is 0.257 e. The summed E-state index contributed by atoms with van der Waals surface area (Å²) in [5, 5.41) is 12.2. The number of carbonyl (C=O) groups excluding carboxylic acids is 1. The fraction of sp³-hybridized carbons (Fsp3) is 0.214. The minimum atomic E-state index is -0.950. The van der Waals surface area contributed by atoms with Crippen LogP contribution in [0.3, 0.4) is 0 Å².